The fourth-order valence-electron chi connectivity index (χ4n) is 16.1. The lowest BCUT2D eigenvalue weighted by molar-refractivity contribution is 0.590. The number of benzene rings is 13. The molecule has 98 heavy (non-hydrogen) atoms. The van der Waals surface area contributed by atoms with Crippen molar-refractivity contribution >= 4 is 123 Å². The quantitative estimate of drug-likeness (QED) is 0.142. The van der Waals surface area contributed by atoms with Crippen molar-refractivity contribution < 1.29 is 4.42 Å². The number of anilines is 6. The summed E-state index contributed by atoms with van der Waals surface area (Å²) in [5.74, 6) is 0.787. The summed E-state index contributed by atoms with van der Waals surface area (Å²) in [5.41, 5.74) is 28.7. The highest BCUT2D eigenvalue weighted by atomic mass is 16.3. The zero-order valence-corrected chi connectivity index (χ0v) is 55.6. The molecule has 0 radical (unpaired) electrons. The van der Waals surface area contributed by atoms with E-state index >= 15 is 0 Å². The van der Waals surface area contributed by atoms with E-state index in [-0.39, 0.29) is 17.5 Å². The van der Waals surface area contributed by atoms with Crippen molar-refractivity contribution in [2.75, 3.05) is 9.80 Å². The van der Waals surface area contributed by atoms with Gasteiger partial charge in [-0.15, -0.1) is 0 Å². The van der Waals surface area contributed by atoms with Gasteiger partial charge >= 0.3 is 0 Å². The molecule has 0 bridgehead atoms. The predicted molar refractivity (Wildman–Crippen MR) is 413 cm³/mol. The van der Waals surface area contributed by atoms with Crippen molar-refractivity contribution in [3.8, 4) is 56.1 Å². The van der Waals surface area contributed by atoms with Crippen molar-refractivity contribution in [1.82, 2.24) is 14.1 Å². The van der Waals surface area contributed by atoms with E-state index in [1.54, 1.807) is 0 Å². The van der Waals surface area contributed by atoms with Crippen LogP contribution in [0.25, 0.3) is 122 Å². The molecule has 0 unspecified atom stereocenters. The van der Waals surface area contributed by atoms with Crippen LogP contribution < -0.4 is 26.2 Å². The van der Waals surface area contributed by atoms with Crippen molar-refractivity contribution in [2.45, 2.75) is 52.4 Å². The highest BCUT2D eigenvalue weighted by Gasteiger charge is 2.44. The second-order valence-corrected chi connectivity index (χ2v) is 28.7. The minimum atomic E-state index is -0.235. The molecule has 6 heterocycles. The molecule has 2 aliphatic heterocycles. The monoisotopic (exact) mass is 1260 g/mol. The van der Waals surface area contributed by atoms with Gasteiger partial charge in [0, 0.05) is 72.3 Å². The van der Waals surface area contributed by atoms with E-state index in [0.29, 0.717) is 0 Å². The van der Waals surface area contributed by atoms with Crippen LogP contribution in [0.1, 0.15) is 52.7 Å². The van der Waals surface area contributed by atoms with Crippen LogP contribution in [0.2, 0.25) is 0 Å². The second-order valence-electron chi connectivity index (χ2n) is 28.7. The third-order valence-electron chi connectivity index (χ3n) is 20.8. The maximum Gasteiger partial charge on any atom is 0.252 e. The number of furan rings is 1. The molecule has 6 nitrogen and oxygen atoms in total. The van der Waals surface area contributed by atoms with Crippen LogP contribution in [0.3, 0.4) is 0 Å². The summed E-state index contributed by atoms with van der Waals surface area (Å²) >= 11 is 0. The summed E-state index contributed by atoms with van der Waals surface area (Å²) in [6, 6.07) is 113. The fraction of sp³-hybridized carbons (Fsp3) is 0.0879. The van der Waals surface area contributed by atoms with E-state index in [4.69, 9.17) is 9.40 Å². The summed E-state index contributed by atoms with van der Waals surface area (Å²) in [5, 5.41) is 6.77. The molecule has 19 rings (SSSR count). The van der Waals surface area contributed by atoms with Gasteiger partial charge in [-0.25, -0.2) is 4.98 Å². The Balaban J connectivity index is 0.917. The normalized spacial score (nSPS) is 12.9. The van der Waals surface area contributed by atoms with E-state index in [1.807, 2.05) is 0 Å². The van der Waals surface area contributed by atoms with Crippen LogP contribution in [0.4, 0.5) is 34.1 Å². The highest BCUT2D eigenvalue weighted by molar-refractivity contribution is 7.00. The first-order chi connectivity index (χ1) is 47.9. The maximum absolute atomic E-state index is 7.01. The Bertz CT molecular complexity index is 6070. The van der Waals surface area contributed by atoms with Crippen LogP contribution in [0.5, 0.6) is 0 Å². The zero-order chi connectivity index (χ0) is 65.7. The molecule has 466 valence electrons. The molecule has 17 aromatic rings. The van der Waals surface area contributed by atoms with Gasteiger partial charge in [-0.05, 0) is 145 Å². The van der Waals surface area contributed by atoms with Gasteiger partial charge in [0.2, 0.25) is 0 Å². The van der Waals surface area contributed by atoms with E-state index in [2.05, 4.69) is 364 Å². The number of nitrogens with zero attached hydrogens (tertiary/aromatic N) is 5. The van der Waals surface area contributed by atoms with Gasteiger partial charge in [0.25, 0.3) is 6.71 Å². The molecular weight excluding hydrogens is 1190 g/mol. The Kier molecular flexibility index (Phi) is 12.8. The van der Waals surface area contributed by atoms with Gasteiger partial charge in [0.15, 0.2) is 5.58 Å². The number of fused-ring (bicyclic) bond motifs is 14. The molecule has 0 aliphatic carbocycles. The molecular formula is C91H68BN5O. The SMILES string of the molecule is CC(C)(C)c1cccc(-c2ccc3c(c2)B2c4cc(-c5cc(-n6c7ccccc7c7ccccc76)cc(-n6c7ccccc7c7ccc8c9ccccc9oc8c76)n5)ccc4N(c4ccccc4-c4ccccc4)c4cccc(c42)N3c2ccc(C(C)(C)C)cc2-c2ccccc2)c1. The van der Waals surface area contributed by atoms with E-state index in [0.717, 1.165) is 123 Å². The summed E-state index contributed by atoms with van der Waals surface area (Å²) in [6.45, 7) is 13.6. The van der Waals surface area contributed by atoms with Crippen molar-refractivity contribution in [3.05, 3.63) is 314 Å². The van der Waals surface area contributed by atoms with Crippen LogP contribution in [-0.4, -0.2) is 20.8 Å². The number of hydrogen-bond donors (Lipinski definition) is 0. The average molecular weight is 1260 g/mol. The smallest absolute Gasteiger partial charge is 0.252 e. The Morgan fingerprint density at radius 3 is 1.49 bits per heavy atom. The Labute approximate surface area is 570 Å². The summed E-state index contributed by atoms with van der Waals surface area (Å²) in [4.78, 5) is 11.1. The highest BCUT2D eigenvalue weighted by Crippen LogP contribution is 2.50. The van der Waals surface area contributed by atoms with Gasteiger partial charge in [0.1, 0.15) is 11.4 Å². The number of pyridine rings is 1. The van der Waals surface area contributed by atoms with E-state index in [1.165, 1.54) is 60.5 Å². The lowest BCUT2D eigenvalue weighted by Crippen LogP contribution is -2.61. The Hall–Kier alpha value is -11.9. The minimum Gasteiger partial charge on any atom is -0.454 e. The Morgan fingerprint density at radius 1 is 0.327 bits per heavy atom. The summed E-state index contributed by atoms with van der Waals surface area (Å²) < 4.78 is 11.8. The molecule has 0 fully saturated rings. The van der Waals surface area contributed by atoms with Crippen LogP contribution in [0.15, 0.2) is 308 Å². The predicted octanol–water partition coefficient (Wildman–Crippen LogP) is 22.5. The van der Waals surface area contributed by atoms with Gasteiger partial charge in [-0.1, -0.05) is 260 Å². The lowest BCUT2D eigenvalue weighted by atomic mass is 9.33. The number of hydrogen-bond acceptors (Lipinski definition) is 4. The molecule has 0 amide bonds. The molecule has 0 saturated heterocycles. The van der Waals surface area contributed by atoms with E-state index in [9.17, 15) is 0 Å². The van der Waals surface area contributed by atoms with E-state index < -0.39 is 0 Å². The van der Waals surface area contributed by atoms with Gasteiger partial charge < -0.3 is 18.8 Å². The molecule has 2 aliphatic rings. The molecule has 0 saturated carbocycles. The number of para-hydroxylation sites is 5. The first-order valence-corrected chi connectivity index (χ1v) is 34.2. The number of rotatable bonds is 8. The average Bonchev–Trinajstić information content (AvgIpc) is 0.848. The Morgan fingerprint density at radius 2 is 0.816 bits per heavy atom. The molecule has 4 aromatic heterocycles. The van der Waals surface area contributed by atoms with Crippen LogP contribution >= 0.6 is 0 Å². The minimum absolute atomic E-state index is 0.0475. The zero-order valence-electron chi connectivity index (χ0n) is 55.6. The third kappa shape index (κ3) is 8.92. The summed E-state index contributed by atoms with van der Waals surface area (Å²) in [7, 11) is 0. The molecule has 13 aromatic carbocycles. The van der Waals surface area contributed by atoms with Gasteiger partial charge in [-0.2, -0.15) is 0 Å². The van der Waals surface area contributed by atoms with Crippen molar-refractivity contribution in [3.63, 3.8) is 0 Å². The lowest BCUT2D eigenvalue weighted by Gasteiger charge is -2.45. The number of aromatic nitrogens is 3. The van der Waals surface area contributed by atoms with Crippen LogP contribution in [0, 0.1) is 0 Å². The van der Waals surface area contributed by atoms with Gasteiger partial charge in [-0.3, -0.25) is 4.57 Å². The standard InChI is InChI=1S/C91H68BN5O/c1-90(2,3)62-30-23-29-59(51-62)60-43-48-81-73(52-60)92-74-53-61(44-49-82(74)95(76-36-18-13-31-65(76)57-25-9-7-10-26-57)83-40-24-41-84(87(83)92)96(81)80-50-45-63(91(4,5)6)54-72(80)58-27-11-8-12-28-58)75-55-64(94-77-37-19-14-32-66(77)67-33-15-20-38-78(67)94)56-86(93-75)97-79-39-21-16-34-68(79)70-46-47-71-69-35-17-22-42-85(69)98-89(71)88(70)97/h7-56H,1-6H3. The second kappa shape index (κ2) is 21.8. The topological polar surface area (TPSA) is 42.4 Å². The molecule has 0 spiro atoms. The third-order valence-corrected chi connectivity index (χ3v) is 20.8. The largest absolute Gasteiger partial charge is 0.454 e. The molecule has 7 heteroatoms. The maximum atomic E-state index is 7.01. The first kappa shape index (κ1) is 57.5. The summed E-state index contributed by atoms with van der Waals surface area (Å²) in [6.07, 6.45) is 0. The molecule has 0 N–H and O–H groups in total. The fourth-order valence-corrected chi connectivity index (χ4v) is 16.1. The van der Waals surface area contributed by atoms with Crippen LogP contribution in [-0.2, 0) is 10.8 Å². The van der Waals surface area contributed by atoms with Gasteiger partial charge in [0.05, 0.1) is 44.8 Å². The first-order valence-electron chi connectivity index (χ1n) is 34.2. The molecule has 0 atom stereocenters. The van der Waals surface area contributed by atoms with Crippen molar-refractivity contribution in [2.24, 2.45) is 0 Å². The van der Waals surface area contributed by atoms with Crippen molar-refractivity contribution in [1.29, 1.82) is 0 Å².